The Morgan fingerprint density at radius 1 is 1.15 bits per heavy atom. The van der Waals surface area contributed by atoms with Crippen LogP contribution in [0.3, 0.4) is 0 Å². The smallest absolute Gasteiger partial charge is 0.310 e. The van der Waals surface area contributed by atoms with Crippen molar-refractivity contribution < 1.29 is 28.8 Å². The minimum atomic E-state index is -0.279. The topological polar surface area (TPSA) is 74.2 Å². The molecule has 1 aliphatic carbocycles. The highest BCUT2D eigenvalue weighted by molar-refractivity contribution is 9.10. The van der Waals surface area contributed by atoms with Crippen LogP contribution in [0.15, 0.2) is 28.7 Å². The molecule has 0 bridgehead atoms. The van der Waals surface area contributed by atoms with Crippen molar-refractivity contribution >= 4 is 21.9 Å². The van der Waals surface area contributed by atoms with E-state index in [1.54, 1.807) is 6.07 Å². The van der Waals surface area contributed by atoms with E-state index in [1.807, 2.05) is 18.2 Å². The summed E-state index contributed by atoms with van der Waals surface area (Å²) < 4.78 is 22.3. The standard InChI is InChI=1S/C20H17BrO6/c1-24-16-5-10(3-13(21)19(16)22)17-12-6-15-14(26-8-27-15)4-9(12)2-11-7-25-20(23)18(11)17/h3-6,11,17-18,22H,2,7-8H2,1H3/t11?,17-,18-/m0/s1. The van der Waals surface area contributed by atoms with Crippen LogP contribution in [0.2, 0.25) is 0 Å². The Bertz CT molecular complexity index is 956. The average Bonchev–Trinajstić information content (AvgIpc) is 3.26. The third-order valence-corrected chi connectivity index (χ3v) is 6.26. The van der Waals surface area contributed by atoms with Crippen molar-refractivity contribution in [2.45, 2.75) is 12.3 Å². The number of halogens is 1. The van der Waals surface area contributed by atoms with Crippen molar-refractivity contribution in [3.8, 4) is 23.0 Å². The van der Waals surface area contributed by atoms with Gasteiger partial charge in [0, 0.05) is 11.8 Å². The maximum Gasteiger partial charge on any atom is 0.310 e. The first kappa shape index (κ1) is 16.7. The molecule has 1 unspecified atom stereocenters. The number of benzene rings is 2. The molecule has 2 aromatic rings. The Morgan fingerprint density at radius 3 is 2.70 bits per heavy atom. The van der Waals surface area contributed by atoms with Gasteiger partial charge in [-0.15, -0.1) is 0 Å². The fourth-order valence-electron chi connectivity index (χ4n) is 4.43. The van der Waals surface area contributed by atoms with E-state index in [2.05, 4.69) is 15.9 Å². The summed E-state index contributed by atoms with van der Waals surface area (Å²) in [5, 5.41) is 10.2. The number of hydrogen-bond acceptors (Lipinski definition) is 6. The summed E-state index contributed by atoms with van der Waals surface area (Å²) in [6, 6.07) is 7.60. The van der Waals surface area contributed by atoms with Crippen molar-refractivity contribution in [3.63, 3.8) is 0 Å². The summed E-state index contributed by atoms with van der Waals surface area (Å²) in [7, 11) is 1.50. The van der Waals surface area contributed by atoms with Gasteiger partial charge in [0.05, 0.1) is 24.1 Å². The van der Waals surface area contributed by atoms with Gasteiger partial charge in [0.15, 0.2) is 23.0 Å². The first-order chi connectivity index (χ1) is 13.1. The van der Waals surface area contributed by atoms with Gasteiger partial charge in [0.2, 0.25) is 6.79 Å². The number of fused-ring (bicyclic) bond motifs is 3. The molecule has 27 heavy (non-hydrogen) atoms. The lowest BCUT2D eigenvalue weighted by Gasteiger charge is -2.33. The summed E-state index contributed by atoms with van der Waals surface area (Å²) in [4.78, 5) is 12.6. The monoisotopic (exact) mass is 432 g/mol. The molecule has 3 aliphatic rings. The fourth-order valence-corrected chi connectivity index (χ4v) is 4.89. The zero-order valence-corrected chi connectivity index (χ0v) is 16.1. The number of carbonyl (C=O) groups excluding carboxylic acids is 1. The molecule has 0 saturated carbocycles. The summed E-state index contributed by atoms with van der Waals surface area (Å²) in [5.41, 5.74) is 3.04. The first-order valence-corrected chi connectivity index (χ1v) is 9.51. The van der Waals surface area contributed by atoms with E-state index in [4.69, 9.17) is 18.9 Å². The molecule has 0 radical (unpaired) electrons. The number of rotatable bonds is 2. The Hall–Kier alpha value is -2.41. The second-order valence-electron chi connectivity index (χ2n) is 7.06. The van der Waals surface area contributed by atoms with Crippen molar-refractivity contribution in [1.29, 1.82) is 0 Å². The largest absolute Gasteiger partial charge is 0.503 e. The van der Waals surface area contributed by atoms with E-state index < -0.39 is 0 Å². The number of methoxy groups -OCH3 is 1. The fraction of sp³-hybridized carbons (Fsp3) is 0.350. The Morgan fingerprint density at radius 2 is 1.93 bits per heavy atom. The van der Waals surface area contributed by atoms with E-state index in [0.717, 1.165) is 28.9 Å². The molecule has 0 amide bonds. The molecule has 7 heteroatoms. The molecule has 2 aromatic carbocycles. The van der Waals surface area contributed by atoms with Gasteiger partial charge in [-0.2, -0.15) is 0 Å². The van der Waals surface area contributed by atoms with Crippen molar-refractivity contribution in [2.75, 3.05) is 20.5 Å². The molecule has 2 heterocycles. The van der Waals surface area contributed by atoms with Crippen LogP contribution in [0.25, 0.3) is 0 Å². The van der Waals surface area contributed by atoms with Crippen LogP contribution in [0, 0.1) is 11.8 Å². The highest BCUT2D eigenvalue weighted by Gasteiger charge is 2.48. The average molecular weight is 433 g/mol. The van der Waals surface area contributed by atoms with Crippen molar-refractivity contribution in [3.05, 3.63) is 45.4 Å². The van der Waals surface area contributed by atoms with Crippen molar-refractivity contribution in [2.24, 2.45) is 11.8 Å². The van der Waals surface area contributed by atoms with Crippen LogP contribution in [-0.4, -0.2) is 31.6 Å². The number of hydrogen-bond donors (Lipinski definition) is 1. The van der Waals surface area contributed by atoms with Crippen LogP contribution < -0.4 is 14.2 Å². The van der Waals surface area contributed by atoms with Gasteiger partial charge >= 0.3 is 5.97 Å². The van der Waals surface area contributed by atoms with Crippen LogP contribution in [0.4, 0.5) is 0 Å². The molecule has 5 rings (SSSR count). The SMILES string of the molecule is COc1cc([C@H]2c3cc4c(cc3CC3COC(=O)[C@@H]32)OCO4)cc(Br)c1O. The number of ether oxygens (including phenoxy) is 4. The summed E-state index contributed by atoms with van der Waals surface area (Å²) in [6.07, 6.45) is 0.759. The molecule has 140 valence electrons. The van der Waals surface area contributed by atoms with Gasteiger partial charge < -0.3 is 24.1 Å². The van der Waals surface area contributed by atoms with E-state index in [1.165, 1.54) is 7.11 Å². The number of carbonyl (C=O) groups is 1. The van der Waals surface area contributed by atoms with Gasteiger partial charge in [-0.05, 0) is 63.3 Å². The molecule has 1 N–H and O–H groups in total. The predicted molar refractivity (Wildman–Crippen MR) is 98.4 cm³/mol. The van der Waals surface area contributed by atoms with Gasteiger partial charge in [-0.1, -0.05) is 0 Å². The number of phenols is 1. The van der Waals surface area contributed by atoms with E-state index in [9.17, 15) is 9.90 Å². The molecular formula is C20H17BrO6. The molecule has 1 saturated heterocycles. The van der Waals surface area contributed by atoms with E-state index in [0.29, 0.717) is 22.6 Å². The summed E-state index contributed by atoms with van der Waals surface area (Å²) >= 11 is 3.39. The third-order valence-electron chi connectivity index (χ3n) is 5.66. The Balaban J connectivity index is 1.72. The second-order valence-corrected chi connectivity index (χ2v) is 7.91. The van der Waals surface area contributed by atoms with Crippen LogP contribution in [-0.2, 0) is 16.0 Å². The highest BCUT2D eigenvalue weighted by Crippen LogP contribution is 2.51. The second kappa shape index (κ2) is 6.05. The van der Waals surface area contributed by atoms with E-state index >= 15 is 0 Å². The quantitative estimate of drug-likeness (QED) is 0.733. The minimum absolute atomic E-state index is 0.0357. The highest BCUT2D eigenvalue weighted by atomic mass is 79.9. The van der Waals surface area contributed by atoms with Gasteiger partial charge in [0.1, 0.15) is 0 Å². The predicted octanol–water partition coefficient (Wildman–Crippen LogP) is 3.37. The number of esters is 1. The normalized spacial score (nSPS) is 25.0. The molecular weight excluding hydrogens is 416 g/mol. The lowest BCUT2D eigenvalue weighted by molar-refractivity contribution is -0.141. The number of phenolic OH excluding ortho intramolecular Hbond substituents is 1. The zero-order chi connectivity index (χ0) is 18.7. The van der Waals surface area contributed by atoms with Crippen LogP contribution >= 0.6 is 15.9 Å². The molecule has 2 aliphatic heterocycles. The number of aromatic hydroxyl groups is 1. The lowest BCUT2D eigenvalue weighted by Crippen LogP contribution is -2.31. The molecule has 3 atom stereocenters. The summed E-state index contributed by atoms with van der Waals surface area (Å²) in [5.74, 6) is 1.25. The summed E-state index contributed by atoms with van der Waals surface area (Å²) in [6.45, 7) is 0.626. The minimum Gasteiger partial charge on any atom is -0.503 e. The molecule has 6 nitrogen and oxygen atoms in total. The van der Waals surface area contributed by atoms with E-state index in [-0.39, 0.29) is 36.3 Å². The lowest BCUT2D eigenvalue weighted by atomic mass is 9.67. The van der Waals surface area contributed by atoms with Gasteiger partial charge in [-0.25, -0.2) is 0 Å². The zero-order valence-electron chi connectivity index (χ0n) is 14.5. The Labute approximate surface area is 164 Å². The Kier molecular flexibility index (Phi) is 3.75. The maximum absolute atomic E-state index is 12.6. The van der Waals surface area contributed by atoms with Gasteiger partial charge in [-0.3, -0.25) is 4.79 Å². The van der Waals surface area contributed by atoms with Crippen LogP contribution in [0.1, 0.15) is 22.6 Å². The van der Waals surface area contributed by atoms with Crippen molar-refractivity contribution in [1.82, 2.24) is 0 Å². The van der Waals surface area contributed by atoms with Crippen LogP contribution in [0.5, 0.6) is 23.0 Å². The number of cyclic esters (lactones) is 1. The third kappa shape index (κ3) is 2.48. The van der Waals surface area contributed by atoms with Gasteiger partial charge in [0.25, 0.3) is 0 Å². The maximum atomic E-state index is 12.6. The molecule has 0 spiro atoms. The molecule has 0 aromatic heterocycles. The first-order valence-electron chi connectivity index (χ1n) is 8.72. The molecule has 1 fully saturated rings.